The molecule has 0 bridgehead atoms. The van der Waals surface area contributed by atoms with Crippen molar-refractivity contribution in [2.45, 2.75) is 12.6 Å². The summed E-state index contributed by atoms with van der Waals surface area (Å²) in [4.78, 5) is 29.7. The SMILES string of the molecule is C=Cn1cc(C2=CC(=O)N(c3nn(CC(O)CN(C)C)c4ccc(Cl)cc34)C2=O)c2ccccc21. The number of halogens is 1. The first-order valence-electron chi connectivity index (χ1n) is 11.1. The molecule has 1 aliphatic heterocycles. The van der Waals surface area contributed by atoms with Crippen molar-refractivity contribution in [3.05, 3.63) is 71.9 Å². The maximum absolute atomic E-state index is 13.6. The van der Waals surface area contributed by atoms with Crippen molar-refractivity contribution in [1.29, 1.82) is 0 Å². The van der Waals surface area contributed by atoms with Crippen LogP contribution < -0.4 is 4.90 Å². The Balaban J connectivity index is 1.58. The van der Waals surface area contributed by atoms with Crippen molar-refractivity contribution >= 4 is 62.8 Å². The maximum atomic E-state index is 13.6. The summed E-state index contributed by atoms with van der Waals surface area (Å²) in [6.45, 7) is 4.47. The van der Waals surface area contributed by atoms with Crippen molar-refractivity contribution in [2.24, 2.45) is 0 Å². The molecule has 5 rings (SSSR count). The largest absolute Gasteiger partial charge is 0.390 e. The van der Waals surface area contributed by atoms with Crippen molar-refractivity contribution in [1.82, 2.24) is 19.2 Å². The lowest BCUT2D eigenvalue weighted by Gasteiger charge is -2.16. The van der Waals surface area contributed by atoms with E-state index in [2.05, 4.69) is 11.7 Å². The van der Waals surface area contributed by atoms with E-state index >= 15 is 0 Å². The lowest BCUT2D eigenvalue weighted by Crippen LogP contribution is -2.32. The predicted octanol–water partition coefficient (Wildman–Crippen LogP) is 3.62. The van der Waals surface area contributed by atoms with Crippen LogP contribution in [0.2, 0.25) is 5.02 Å². The Morgan fingerprint density at radius 1 is 1.14 bits per heavy atom. The highest BCUT2D eigenvalue weighted by Gasteiger charge is 2.37. The molecule has 0 spiro atoms. The van der Waals surface area contributed by atoms with Gasteiger partial charge in [0.15, 0.2) is 5.82 Å². The summed E-state index contributed by atoms with van der Waals surface area (Å²) in [6, 6.07) is 12.8. The third kappa shape index (κ3) is 3.95. The first kappa shape index (κ1) is 23.0. The molecule has 178 valence electrons. The number of benzene rings is 2. The van der Waals surface area contributed by atoms with E-state index in [1.807, 2.05) is 47.8 Å². The Morgan fingerprint density at radius 2 is 1.91 bits per heavy atom. The number of anilines is 1. The number of carbonyl (C=O) groups is 2. The number of fused-ring (bicyclic) bond motifs is 2. The second kappa shape index (κ2) is 8.81. The van der Waals surface area contributed by atoms with Crippen LogP contribution in [0.25, 0.3) is 33.6 Å². The van der Waals surface area contributed by atoms with Gasteiger partial charge < -0.3 is 14.6 Å². The molecule has 0 fully saturated rings. The van der Waals surface area contributed by atoms with Gasteiger partial charge in [-0.15, -0.1) is 0 Å². The molecule has 0 aliphatic carbocycles. The number of nitrogens with zero attached hydrogens (tertiary/aromatic N) is 5. The zero-order valence-corrected chi connectivity index (χ0v) is 20.1. The number of rotatable bonds is 7. The smallest absolute Gasteiger partial charge is 0.267 e. The van der Waals surface area contributed by atoms with Crippen molar-refractivity contribution < 1.29 is 14.7 Å². The van der Waals surface area contributed by atoms with Crippen LogP contribution in [-0.2, 0) is 16.1 Å². The zero-order valence-electron chi connectivity index (χ0n) is 19.3. The van der Waals surface area contributed by atoms with Gasteiger partial charge in [0.05, 0.1) is 29.3 Å². The first-order valence-corrected chi connectivity index (χ1v) is 11.5. The Morgan fingerprint density at radius 3 is 2.66 bits per heavy atom. The molecule has 35 heavy (non-hydrogen) atoms. The van der Waals surface area contributed by atoms with Crippen molar-refractivity contribution in [3.63, 3.8) is 0 Å². The summed E-state index contributed by atoms with van der Waals surface area (Å²) < 4.78 is 3.43. The average molecular weight is 490 g/mol. The minimum Gasteiger partial charge on any atom is -0.390 e. The lowest BCUT2D eigenvalue weighted by atomic mass is 10.1. The highest BCUT2D eigenvalue weighted by Crippen LogP contribution is 2.36. The number of imide groups is 1. The Kier molecular flexibility index (Phi) is 5.80. The Labute approximate surface area is 206 Å². The molecule has 0 saturated carbocycles. The van der Waals surface area contributed by atoms with Crippen LogP contribution in [0.15, 0.2) is 61.3 Å². The molecule has 2 aromatic carbocycles. The maximum Gasteiger partial charge on any atom is 0.267 e. The molecular formula is C26H24ClN5O3. The van der Waals surface area contributed by atoms with Crippen LogP contribution in [0, 0.1) is 0 Å². The zero-order chi connectivity index (χ0) is 24.9. The number of aromatic nitrogens is 3. The molecule has 1 unspecified atom stereocenters. The fourth-order valence-electron chi connectivity index (χ4n) is 4.55. The molecule has 2 aromatic heterocycles. The van der Waals surface area contributed by atoms with E-state index in [-0.39, 0.29) is 17.9 Å². The van der Waals surface area contributed by atoms with E-state index in [0.717, 1.165) is 15.8 Å². The topological polar surface area (TPSA) is 83.6 Å². The number of likely N-dealkylation sites (N-methyl/N-ethyl adjacent to an activating group) is 1. The highest BCUT2D eigenvalue weighted by atomic mass is 35.5. The van der Waals surface area contributed by atoms with Crippen LogP contribution >= 0.6 is 11.6 Å². The third-order valence-electron chi connectivity index (χ3n) is 6.01. The van der Waals surface area contributed by atoms with E-state index in [4.69, 9.17) is 11.6 Å². The van der Waals surface area contributed by atoms with Gasteiger partial charge in [-0.1, -0.05) is 36.4 Å². The summed E-state index contributed by atoms with van der Waals surface area (Å²) in [5, 5.41) is 16.9. The number of carbonyl (C=O) groups excluding carboxylic acids is 2. The van der Waals surface area contributed by atoms with Crippen LogP contribution in [0.5, 0.6) is 0 Å². The lowest BCUT2D eigenvalue weighted by molar-refractivity contribution is -0.119. The number of hydrogen-bond donors (Lipinski definition) is 1. The van der Waals surface area contributed by atoms with Crippen LogP contribution in [0.1, 0.15) is 5.56 Å². The molecule has 1 atom stereocenters. The molecule has 8 nitrogen and oxygen atoms in total. The summed E-state index contributed by atoms with van der Waals surface area (Å²) in [5.74, 6) is -0.767. The number of aliphatic hydroxyl groups excluding tert-OH is 1. The summed E-state index contributed by atoms with van der Waals surface area (Å²) >= 11 is 6.26. The molecule has 3 heterocycles. The second-order valence-electron chi connectivity index (χ2n) is 8.77. The highest BCUT2D eigenvalue weighted by molar-refractivity contribution is 6.45. The Bertz CT molecular complexity index is 1530. The van der Waals surface area contributed by atoms with E-state index < -0.39 is 17.9 Å². The molecular weight excluding hydrogens is 466 g/mol. The van der Waals surface area contributed by atoms with E-state index in [1.165, 1.54) is 6.08 Å². The molecule has 0 saturated heterocycles. The van der Waals surface area contributed by atoms with Gasteiger partial charge in [-0.05, 0) is 38.4 Å². The van der Waals surface area contributed by atoms with Gasteiger partial charge >= 0.3 is 0 Å². The second-order valence-corrected chi connectivity index (χ2v) is 9.21. The normalized spacial score (nSPS) is 15.0. The van der Waals surface area contributed by atoms with Crippen molar-refractivity contribution in [2.75, 3.05) is 25.5 Å². The van der Waals surface area contributed by atoms with Crippen LogP contribution in [-0.4, -0.2) is 62.9 Å². The van der Waals surface area contributed by atoms with Gasteiger partial charge in [0.2, 0.25) is 0 Å². The summed E-state index contributed by atoms with van der Waals surface area (Å²) in [6.07, 6.45) is 4.10. The number of amides is 2. The average Bonchev–Trinajstić information content (AvgIpc) is 3.44. The van der Waals surface area contributed by atoms with E-state index in [0.29, 0.717) is 28.0 Å². The Hall–Kier alpha value is -3.72. The summed E-state index contributed by atoms with van der Waals surface area (Å²) in [7, 11) is 3.74. The molecule has 1 aliphatic rings. The van der Waals surface area contributed by atoms with Gasteiger partial charge in [-0.25, -0.2) is 4.90 Å². The third-order valence-corrected chi connectivity index (χ3v) is 6.25. The van der Waals surface area contributed by atoms with Crippen LogP contribution in [0.4, 0.5) is 5.82 Å². The number of aliphatic hydroxyl groups is 1. The minimum atomic E-state index is -0.694. The monoisotopic (exact) mass is 489 g/mol. The fourth-order valence-corrected chi connectivity index (χ4v) is 4.72. The molecule has 0 radical (unpaired) electrons. The summed E-state index contributed by atoms with van der Waals surface area (Å²) in [5.41, 5.74) is 2.47. The quantitative estimate of drug-likeness (QED) is 0.401. The van der Waals surface area contributed by atoms with Gasteiger partial charge in [0, 0.05) is 46.4 Å². The number of para-hydroxylation sites is 1. The van der Waals surface area contributed by atoms with Gasteiger partial charge in [-0.2, -0.15) is 5.10 Å². The first-order chi connectivity index (χ1) is 16.8. The molecule has 4 aromatic rings. The minimum absolute atomic E-state index is 0.188. The van der Waals surface area contributed by atoms with E-state index in [1.54, 1.807) is 35.3 Å². The molecule has 9 heteroatoms. The van der Waals surface area contributed by atoms with E-state index in [9.17, 15) is 14.7 Å². The van der Waals surface area contributed by atoms with Gasteiger partial charge in [0.25, 0.3) is 11.8 Å². The number of hydrogen-bond acceptors (Lipinski definition) is 5. The standard InChI is InChI=1S/C26H24ClN5O3/c1-4-30-15-21(18-7-5-6-8-22(18)30)19-12-24(34)32(26(19)35)25-20-11-16(27)9-10-23(20)31(28-25)14-17(33)13-29(2)3/h4-12,15,17,33H,1,13-14H2,2-3H3. The molecule has 1 N–H and O–H groups in total. The molecule has 2 amide bonds. The van der Waals surface area contributed by atoms with Crippen molar-refractivity contribution in [3.8, 4) is 0 Å². The fraction of sp³-hybridized carbons (Fsp3) is 0.192. The van der Waals surface area contributed by atoms with Gasteiger partial charge in [0.1, 0.15) is 0 Å². The van der Waals surface area contributed by atoms with Crippen LogP contribution in [0.3, 0.4) is 0 Å². The predicted molar refractivity (Wildman–Crippen MR) is 138 cm³/mol. The van der Waals surface area contributed by atoms with Gasteiger partial charge in [-0.3, -0.25) is 14.3 Å².